The summed E-state index contributed by atoms with van der Waals surface area (Å²) in [4.78, 5) is 24.2. The third-order valence-electron chi connectivity index (χ3n) is 3.69. The molecule has 0 amide bonds. The van der Waals surface area contributed by atoms with Gasteiger partial charge in [-0.05, 0) is 26.0 Å². The lowest BCUT2D eigenvalue weighted by Gasteiger charge is -2.27. The normalized spacial score (nSPS) is 14.5. The summed E-state index contributed by atoms with van der Waals surface area (Å²) >= 11 is 1.43. The number of para-hydroxylation sites is 1. The Morgan fingerprint density at radius 3 is 2.91 bits per heavy atom. The molecule has 1 aromatic heterocycles. The highest BCUT2D eigenvalue weighted by molar-refractivity contribution is 7.13. The topological polar surface area (TPSA) is 54.8 Å². The maximum absolute atomic E-state index is 11.8. The number of rotatable bonds is 3. The summed E-state index contributed by atoms with van der Waals surface area (Å²) in [5.41, 5.74) is 1.97. The van der Waals surface area contributed by atoms with Crippen LogP contribution in [0.25, 0.3) is 0 Å². The van der Waals surface area contributed by atoms with E-state index in [1.807, 2.05) is 37.3 Å². The molecule has 0 aliphatic carbocycles. The number of aromatic nitrogens is 1. The van der Waals surface area contributed by atoms with Crippen molar-refractivity contribution < 1.29 is 9.53 Å². The summed E-state index contributed by atoms with van der Waals surface area (Å²) in [6.45, 7) is 5.80. The van der Waals surface area contributed by atoms with Crippen molar-refractivity contribution in [1.82, 2.24) is 9.88 Å². The van der Waals surface area contributed by atoms with Gasteiger partial charge in [0.1, 0.15) is 5.84 Å². The fraction of sp³-hybridized carbons (Fsp3) is 0.353. The first-order chi connectivity index (χ1) is 11.2. The summed E-state index contributed by atoms with van der Waals surface area (Å²) in [6.07, 6.45) is 0.826. The lowest BCUT2D eigenvalue weighted by Crippen LogP contribution is -2.33. The van der Waals surface area contributed by atoms with Crippen molar-refractivity contribution in [2.75, 3.05) is 13.2 Å². The van der Waals surface area contributed by atoms with Gasteiger partial charge in [-0.2, -0.15) is 0 Å². The lowest BCUT2D eigenvalue weighted by atomic mass is 10.2. The van der Waals surface area contributed by atoms with Crippen LogP contribution in [0.1, 0.15) is 34.2 Å². The Morgan fingerprint density at radius 2 is 2.17 bits per heavy atom. The van der Waals surface area contributed by atoms with Crippen LogP contribution in [0.2, 0.25) is 0 Å². The molecule has 2 heterocycles. The number of hydrogen-bond donors (Lipinski definition) is 0. The molecule has 23 heavy (non-hydrogen) atoms. The van der Waals surface area contributed by atoms with Gasteiger partial charge in [-0.1, -0.05) is 18.2 Å². The quantitative estimate of drug-likeness (QED) is 0.492. The Balaban J connectivity index is 1.75. The van der Waals surface area contributed by atoms with Gasteiger partial charge in [0.25, 0.3) is 0 Å². The summed E-state index contributed by atoms with van der Waals surface area (Å²) in [6, 6.07) is 9.93. The zero-order chi connectivity index (χ0) is 16.2. The molecule has 0 N–H and O–H groups in total. The predicted molar refractivity (Wildman–Crippen MR) is 91.4 cm³/mol. The lowest BCUT2D eigenvalue weighted by molar-refractivity contribution is 0.0525. The van der Waals surface area contributed by atoms with E-state index in [0.717, 1.165) is 41.6 Å². The smallest absolute Gasteiger partial charge is 0.367 e. The van der Waals surface area contributed by atoms with Gasteiger partial charge < -0.3 is 9.64 Å². The second-order valence-electron chi connectivity index (χ2n) is 5.28. The molecular formula is C17H19N3O2S. The molecule has 0 atom stereocenters. The first kappa shape index (κ1) is 15.7. The van der Waals surface area contributed by atoms with Crippen LogP contribution in [0.5, 0.6) is 0 Å². The standard InChI is InChI=1S/C17H19N3O2S/c1-3-22-17(21)16-19-14-9-10-20(11-15(14)23-16)12(2)18-13-7-5-4-6-8-13/h4-8H,3,9-11H2,1-2H3. The highest BCUT2D eigenvalue weighted by Crippen LogP contribution is 2.26. The number of hydrogen-bond acceptors (Lipinski definition) is 5. The fourth-order valence-electron chi connectivity index (χ4n) is 2.51. The van der Waals surface area contributed by atoms with Gasteiger partial charge in [0.2, 0.25) is 5.01 Å². The van der Waals surface area contributed by atoms with Crippen LogP contribution >= 0.6 is 11.3 Å². The van der Waals surface area contributed by atoms with E-state index in [1.165, 1.54) is 11.3 Å². The van der Waals surface area contributed by atoms with E-state index >= 15 is 0 Å². The molecule has 6 heteroatoms. The molecule has 1 aromatic carbocycles. The van der Waals surface area contributed by atoms with Gasteiger partial charge in [0.15, 0.2) is 0 Å². The maximum Gasteiger partial charge on any atom is 0.367 e. The summed E-state index contributed by atoms with van der Waals surface area (Å²) in [5, 5.41) is 0.455. The minimum absolute atomic E-state index is 0.326. The monoisotopic (exact) mass is 329 g/mol. The Hall–Kier alpha value is -2.21. The minimum Gasteiger partial charge on any atom is -0.461 e. The Bertz CT molecular complexity index is 725. The van der Waals surface area contributed by atoms with Crippen molar-refractivity contribution in [1.29, 1.82) is 0 Å². The molecule has 0 radical (unpaired) electrons. The zero-order valence-corrected chi connectivity index (χ0v) is 14.1. The number of thiazole rings is 1. The molecule has 0 saturated heterocycles. The average Bonchev–Trinajstić information content (AvgIpc) is 2.99. The van der Waals surface area contributed by atoms with Crippen LogP contribution in [0.3, 0.4) is 0 Å². The minimum atomic E-state index is -0.326. The molecule has 0 fully saturated rings. The van der Waals surface area contributed by atoms with Gasteiger partial charge in [-0.15, -0.1) is 11.3 Å². The van der Waals surface area contributed by atoms with Gasteiger partial charge in [-0.3, -0.25) is 0 Å². The maximum atomic E-state index is 11.8. The van der Waals surface area contributed by atoms with Gasteiger partial charge in [0, 0.05) is 17.8 Å². The van der Waals surface area contributed by atoms with Crippen LogP contribution in [-0.4, -0.2) is 34.8 Å². The van der Waals surface area contributed by atoms with Gasteiger partial charge in [0.05, 0.1) is 24.5 Å². The predicted octanol–water partition coefficient (Wildman–Crippen LogP) is 3.43. The summed E-state index contributed by atoms with van der Waals surface area (Å²) in [5.74, 6) is 0.654. The van der Waals surface area contributed by atoms with E-state index in [1.54, 1.807) is 6.92 Å². The number of aliphatic imine (C=N–C) groups is 1. The molecule has 5 nitrogen and oxygen atoms in total. The Kier molecular flexibility index (Phi) is 4.71. The molecule has 0 unspecified atom stereocenters. The van der Waals surface area contributed by atoms with Gasteiger partial charge in [-0.25, -0.2) is 14.8 Å². The SMILES string of the molecule is CCOC(=O)c1nc2c(s1)CN(C(C)=Nc1ccccc1)CC2. The van der Waals surface area contributed by atoms with Crippen molar-refractivity contribution in [2.24, 2.45) is 4.99 Å². The van der Waals surface area contributed by atoms with Crippen LogP contribution in [0.15, 0.2) is 35.3 Å². The van der Waals surface area contributed by atoms with Crippen molar-refractivity contribution in [3.63, 3.8) is 0 Å². The van der Waals surface area contributed by atoms with E-state index < -0.39 is 0 Å². The number of carbonyl (C=O) groups is 1. The molecule has 3 rings (SSSR count). The van der Waals surface area contributed by atoms with E-state index in [4.69, 9.17) is 4.74 Å². The van der Waals surface area contributed by atoms with Crippen molar-refractivity contribution in [3.05, 3.63) is 45.9 Å². The van der Waals surface area contributed by atoms with Crippen LogP contribution in [0, 0.1) is 0 Å². The second kappa shape index (κ2) is 6.91. The Labute approximate surface area is 139 Å². The van der Waals surface area contributed by atoms with E-state index in [9.17, 15) is 4.79 Å². The number of amidine groups is 1. The second-order valence-corrected chi connectivity index (χ2v) is 6.36. The van der Waals surface area contributed by atoms with Crippen molar-refractivity contribution in [2.45, 2.75) is 26.8 Å². The van der Waals surface area contributed by atoms with Crippen LogP contribution < -0.4 is 0 Å². The number of ether oxygens (including phenoxy) is 1. The number of fused-ring (bicyclic) bond motifs is 1. The molecule has 0 saturated carbocycles. The third-order valence-corrected chi connectivity index (χ3v) is 4.75. The molecule has 1 aliphatic rings. The Morgan fingerprint density at radius 1 is 1.39 bits per heavy atom. The molecule has 0 bridgehead atoms. The van der Waals surface area contributed by atoms with E-state index in [2.05, 4.69) is 14.9 Å². The number of nitrogens with zero attached hydrogens (tertiary/aromatic N) is 3. The van der Waals surface area contributed by atoms with Crippen molar-refractivity contribution in [3.8, 4) is 0 Å². The number of carbonyl (C=O) groups excluding carboxylic acids is 1. The molecule has 1 aliphatic heterocycles. The largest absolute Gasteiger partial charge is 0.461 e. The highest BCUT2D eigenvalue weighted by Gasteiger charge is 2.24. The van der Waals surface area contributed by atoms with E-state index in [0.29, 0.717) is 11.6 Å². The van der Waals surface area contributed by atoms with Crippen molar-refractivity contribution >= 4 is 28.8 Å². The molecule has 0 spiro atoms. The average molecular weight is 329 g/mol. The first-order valence-corrected chi connectivity index (χ1v) is 8.50. The third kappa shape index (κ3) is 3.59. The number of esters is 1. The molecule has 2 aromatic rings. The van der Waals surface area contributed by atoms with Crippen LogP contribution in [0.4, 0.5) is 5.69 Å². The summed E-state index contributed by atoms with van der Waals surface area (Å²) < 4.78 is 5.03. The first-order valence-electron chi connectivity index (χ1n) is 7.68. The molecular weight excluding hydrogens is 310 g/mol. The zero-order valence-electron chi connectivity index (χ0n) is 13.3. The number of benzene rings is 1. The van der Waals surface area contributed by atoms with E-state index in [-0.39, 0.29) is 5.97 Å². The highest BCUT2D eigenvalue weighted by atomic mass is 32.1. The molecule has 120 valence electrons. The fourth-order valence-corrected chi connectivity index (χ4v) is 3.53. The van der Waals surface area contributed by atoms with Gasteiger partial charge >= 0.3 is 5.97 Å². The van der Waals surface area contributed by atoms with Crippen LogP contribution in [-0.2, 0) is 17.7 Å². The summed E-state index contributed by atoms with van der Waals surface area (Å²) in [7, 11) is 0.